The third kappa shape index (κ3) is 4.56. The number of ether oxygens (including phenoxy) is 1. The Morgan fingerprint density at radius 1 is 1.18 bits per heavy atom. The topological polar surface area (TPSA) is 72.5 Å². The Balaban J connectivity index is 1.92. The molecule has 0 radical (unpaired) electrons. The first-order chi connectivity index (χ1) is 10.3. The average Bonchev–Trinajstić information content (AvgIpc) is 2.45. The fourth-order valence-electron chi connectivity index (χ4n) is 1.75. The van der Waals surface area contributed by atoms with Crippen LogP contribution in [0.3, 0.4) is 0 Å². The second kappa shape index (κ2) is 6.57. The Labute approximate surface area is 127 Å². The van der Waals surface area contributed by atoms with E-state index in [2.05, 4.69) is 5.32 Å². The van der Waals surface area contributed by atoms with E-state index in [1.54, 1.807) is 12.1 Å². The second-order valence-corrected chi connectivity index (χ2v) is 5.96. The van der Waals surface area contributed by atoms with Crippen LogP contribution in [0.4, 0.5) is 9.57 Å². The predicted molar refractivity (Wildman–Crippen MR) is 80.0 cm³/mol. The number of carbonyl (C=O) groups is 1. The number of hydrogen-bond donors (Lipinski definition) is 1. The summed E-state index contributed by atoms with van der Waals surface area (Å²) in [6, 6.07) is 12.0. The number of benzene rings is 2. The molecule has 7 heteroatoms. The van der Waals surface area contributed by atoms with Gasteiger partial charge in [0.05, 0.1) is 4.90 Å². The van der Waals surface area contributed by atoms with Gasteiger partial charge in [0.25, 0.3) is 5.91 Å². The summed E-state index contributed by atoms with van der Waals surface area (Å²) in [7, 11) is -4.74. The third-order valence-electron chi connectivity index (χ3n) is 2.78. The largest absolute Gasteiger partial charge is 0.484 e. The maximum Gasteiger partial charge on any atom is 0.332 e. The molecule has 0 atom stereocenters. The Morgan fingerprint density at radius 2 is 1.86 bits per heavy atom. The van der Waals surface area contributed by atoms with Gasteiger partial charge in [-0.3, -0.25) is 4.79 Å². The number of halogens is 1. The molecule has 0 spiro atoms. The van der Waals surface area contributed by atoms with Gasteiger partial charge in [-0.15, -0.1) is 3.89 Å². The van der Waals surface area contributed by atoms with Gasteiger partial charge in [-0.2, -0.15) is 8.42 Å². The summed E-state index contributed by atoms with van der Waals surface area (Å²) in [6.07, 6.45) is 0. The van der Waals surface area contributed by atoms with Crippen molar-refractivity contribution in [2.45, 2.75) is 11.8 Å². The van der Waals surface area contributed by atoms with Crippen LogP contribution in [0.15, 0.2) is 53.4 Å². The molecule has 1 amide bonds. The zero-order valence-corrected chi connectivity index (χ0v) is 12.6. The highest BCUT2D eigenvalue weighted by Gasteiger charge is 2.11. The highest BCUT2D eigenvalue weighted by molar-refractivity contribution is 7.86. The van der Waals surface area contributed by atoms with Crippen molar-refractivity contribution in [2.75, 3.05) is 11.9 Å². The molecule has 0 aliphatic rings. The van der Waals surface area contributed by atoms with Crippen LogP contribution in [0, 0.1) is 6.92 Å². The van der Waals surface area contributed by atoms with E-state index in [-0.39, 0.29) is 6.61 Å². The van der Waals surface area contributed by atoms with Crippen LogP contribution >= 0.6 is 0 Å². The van der Waals surface area contributed by atoms with Gasteiger partial charge >= 0.3 is 10.2 Å². The molecule has 2 aromatic rings. The molecule has 0 aromatic heterocycles. The van der Waals surface area contributed by atoms with E-state index in [0.29, 0.717) is 11.4 Å². The molecule has 0 saturated heterocycles. The van der Waals surface area contributed by atoms with Crippen molar-refractivity contribution in [1.29, 1.82) is 0 Å². The lowest BCUT2D eigenvalue weighted by Gasteiger charge is -2.08. The fourth-order valence-corrected chi connectivity index (χ4v) is 2.21. The zero-order valence-electron chi connectivity index (χ0n) is 11.7. The SMILES string of the molecule is Cc1cccc(OCC(=O)Nc2ccc(S(=O)(=O)F)cc2)c1. The quantitative estimate of drug-likeness (QED) is 0.859. The summed E-state index contributed by atoms with van der Waals surface area (Å²) in [5, 5.41) is 2.52. The van der Waals surface area contributed by atoms with E-state index in [4.69, 9.17) is 4.74 Å². The van der Waals surface area contributed by atoms with Gasteiger partial charge in [0.15, 0.2) is 6.61 Å². The molecule has 2 rings (SSSR count). The molecule has 22 heavy (non-hydrogen) atoms. The summed E-state index contributed by atoms with van der Waals surface area (Å²) < 4.78 is 39.4. The fraction of sp³-hybridized carbons (Fsp3) is 0.133. The average molecular weight is 323 g/mol. The Hall–Kier alpha value is -2.41. The van der Waals surface area contributed by atoms with Crippen LogP contribution in [-0.4, -0.2) is 20.9 Å². The first-order valence-corrected chi connectivity index (χ1v) is 7.77. The highest BCUT2D eigenvalue weighted by Crippen LogP contribution is 2.16. The number of hydrogen-bond acceptors (Lipinski definition) is 4. The van der Waals surface area contributed by atoms with Crippen molar-refractivity contribution in [3.63, 3.8) is 0 Å². The van der Waals surface area contributed by atoms with Gasteiger partial charge in [-0.05, 0) is 48.9 Å². The van der Waals surface area contributed by atoms with Crippen molar-refractivity contribution in [2.24, 2.45) is 0 Å². The number of carbonyl (C=O) groups excluding carboxylic acids is 1. The van der Waals surface area contributed by atoms with Gasteiger partial charge in [0.2, 0.25) is 0 Å². The molecule has 0 fully saturated rings. The van der Waals surface area contributed by atoms with Crippen LogP contribution < -0.4 is 10.1 Å². The molecule has 116 valence electrons. The molecule has 5 nitrogen and oxygen atoms in total. The Bertz CT molecular complexity index is 772. The summed E-state index contributed by atoms with van der Waals surface area (Å²) in [5.41, 5.74) is 1.37. The van der Waals surface area contributed by atoms with E-state index >= 15 is 0 Å². The highest BCUT2D eigenvalue weighted by atomic mass is 32.3. The van der Waals surface area contributed by atoms with Crippen molar-refractivity contribution in [3.05, 3.63) is 54.1 Å². The molecule has 0 heterocycles. The molecular formula is C15H14FNO4S. The molecule has 2 aromatic carbocycles. The molecule has 0 aliphatic carbocycles. The van der Waals surface area contributed by atoms with Gasteiger partial charge in [-0.1, -0.05) is 12.1 Å². The van der Waals surface area contributed by atoms with E-state index in [1.165, 1.54) is 12.1 Å². The number of anilines is 1. The Morgan fingerprint density at radius 3 is 2.45 bits per heavy atom. The number of rotatable bonds is 5. The van der Waals surface area contributed by atoms with Crippen molar-refractivity contribution >= 4 is 21.8 Å². The zero-order chi connectivity index (χ0) is 16.2. The van der Waals surface area contributed by atoms with Gasteiger partial charge < -0.3 is 10.1 Å². The monoisotopic (exact) mass is 323 g/mol. The number of aryl methyl sites for hydroxylation is 1. The minimum absolute atomic E-state index is 0.188. The predicted octanol–water partition coefficient (Wildman–Crippen LogP) is 2.67. The summed E-state index contributed by atoms with van der Waals surface area (Å²) in [6.45, 7) is 1.72. The van der Waals surface area contributed by atoms with E-state index in [0.717, 1.165) is 17.7 Å². The molecule has 0 aliphatic heterocycles. The van der Waals surface area contributed by atoms with Crippen LogP contribution in [0.5, 0.6) is 5.75 Å². The van der Waals surface area contributed by atoms with Gasteiger partial charge in [0.1, 0.15) is 5.75 Å². The van der Waals surface area contributed by atoms with Crippen LogP contribution in [0.1, 0.15) is 5.56 Å². The van der Waals surface area contributed by atoms with E-state index in [1.807, 2.05) is 19.1 Å². The lowest BCUT2D eigenvalue weighted by molar-refractivity contribution is -0.118. The summed E-state index contributed by atoms with van der Waals surface area (Å²) in [5.74, 6) is 0.173. The van der Waals surface area contributed by atoms with Crippen molar-refractivity contribution in [1.82, 2.24) is 0 Å². The van der Waals surface area contributed by atoms with Crippen LogP contribution in [-0.2, 0) is 15.0 Å². The summed E-state index contributed by atoms with van der Waals surface area (Å²) >= 11 is 0. The van der Waals surface area contributed by atoms with Crippen LogP contribution in [0.25, 0.3) is 0 Å². The third-order valence-corrected chi connectivity index (χ3v) is 3.61. The summed E-state index contributed by atoms with van der Waals surface area (Å²) in [4.78, 5) is 11.3. The van der Waals surface area contributed by atoms with Gasteiger partial charge in [0, 0.05) is 5.69 Å². The lowest BCUT2D eigenvalue weighted by Crippen LogP contribution is -2.20. The first-order valence-electron chi connectivity index (χ1n) is 6.38. The van der Waals surface area contributed by atoms with Crippen LogP contribution in [0.2, 0.25) is 0 Å². The number of amides is 1. The second-order valence-electron chi connectivity index (χ2n) is 4.62. The maximum absolute atomic E-state index is 12.7. The lowest BCUT2D eigenvalue weighted by atomic mass is 10.2. The van der Waals surface area contributed by atoms with E-state index < -0.39 is 21.0 Å². The molecule has 0 bridgehead atoms. The molecular weight excluding hydrogens is 309 g/mol. The standard InChI is InChI=1S/C15H14FNO4S/c1-11-3-2-4-13(9-11)21-10-15(18)17-12-5-7-14(8-6-12)22(16,19)20/h2-9H,10H2,1H3,(H,17,18). The first kappa shape index (κ1) is 16.0. The molecule has 0 unspecified atom stereocenters. The van der Waals surface area contributed by atoms with Crippen molar-refractivity contribution in [3.8, 4) is 5.75 Å². The molecule has 1 N–H and O–H groups in total. The molecule has 0 saturated carbocycles. The maximum atomic E-state index is 12.7. The normalized spacial score (nSPS) is 11.0. The minimum Gasteiger partial charge on any atom is -0.484 e. The number of nitrogens with one attached hydrogen (secondary N) is 1. The smallest absolute Gasteiger partial charge is 0.332 e. The Kier molecular flexibility index (Phi) is 4.77. The van der Waals surface area contributed by atoms with Gasteiger partial charge in [-0.25, -0.2) is 0 Å². The van der Waals surface area contributed by atoms with E-state index in [9.17, 15) is 17.1 Å². The minimum atomic E-state index is -4.74. The van der Waals surface area contributed by atoms with Crippen molar-refractivity contribution < 1.29 is 21.8 Å².